The quantitative estimate of drug-likeness (QED) is 0.654. The average Bonchev–Trinajstić information content (AvgIpc) is 2.66. The molecule has 2 aromatic rings. The summed E-state index contributed by atoms with van der Waals surface area (Å²) < 4.78 is 57.1. The van der Waals surface area contributed by atoms with Crippen LogP contribution < -0.4 is 14.8 Å². The van der Waals surface area contributed by atoms with Gasteiger partial charge in [-0.3, -0.25) is 4.79 Å². The number of rotatable bonds is 8. The summed E-state index contributed by atoms with van der Waals surface area (Å²) in [6.45, 7) is -1.20. The highest BCUT2D eigenvalue weighted by atomic mass is 32.2. The molecule has 6 nitrogen and oxygen atoms in total. The van der Waals surface area contributed by atoms with Gasteiger partial charge in [0.25, 0.3) is 0 Å². The van der Waals surface area contributed by atoms with Crippen LogP contribution in [0.5, 0.6) is 11.5 Å². The molecule has 0 saturated carbocycles. The molecule has 2 rings (SSSR count). The number of carbonyl (C=O) groups excluding carboxylic acids is 1. The molecule has 0 aliphatic carbocycles. The Morgan fingerprint density at radius 2 is 1.76 bits per heavy atom. The van der Waals surface area contributed by atoms with E-state index in [9.17, 15) is 22.0 Å². The molecule has 156 valence electrons. The normalized spacial score (nSPS) is 12.8. The summed E-state index contributed by atoms with van der Waals surface area (Å²) in [7, 11) is -1.96. The highest BCUT2D eigenvalue weighted by Crippen LogP contribution is 2.29. The van der Waals surface area contributed by atoms with Crippen molar-refractivity contribution in [2.75, 3.05) is 13.4 Å². The van der Waals surface area contributed by atoms with Crippen LogP contribution in [0.4, 0.5) is 8.78 Å². The molecule has 0 fully saturated rings. The largest absolute Gasteiger partial charge is 0.493 e. The summed E-state index contributed by atoms with van der Waals surface area (Å²) in [4.78, 5) is 12.3. The Morgan fingerprint density at radius 3 is 2.31 bits per heavy atom. The highest BCUT2D eigenvalue weighted by molar-refractivity contribution is 7.90. The molecule has 1 unspecified atom stereocenters. The van der Waals surface area contributed by atoms with Gasteiger partial charge in [-0.05, 0) is 48.4 Å². The van der Waals surface area contributed by atoms with Crippen molar-refractivity contribution in [2.24, 2.45) is 0 Å². The van der Waals surface area contributed by atoms with E-state index in [0.717, 1.165) is 11.8 Å². The number of hydrogen-bond acceptors (Lipinski definition) is 5. The number of hydrogen-bond donors (Lipinski definition) is 1. The fourth-order valence-electron chi connectivity index (χ4n) is 2.50. The SMILES string of the molecule is COc1cc(/C=C/C(=O)NC(C)c2ccc(S(C)(=O)=O)cc2)ccc1OC(F)F. The first-order valence-electron chi connectivity index (χ1n) is 8.51. The molecule has 0 saturated heterocycles. The molecule has 0 aliphatic heterocycles. The fraction of sp³-hybridized carbons (Fsp3) is 0.250. The van der Waals surface area contributed by atoms with Gasteiger partial charge < -0.3 is 14.8 Å². The number of nitrogens with one attached hydrogen (secondary N) is 1. The molecule has 0 spiro atoms. The zero-order valence-electron chi connectivity index (χ0n) is 16.1. The van der Waals surface area contributed by atoms with Gasteiger partial charge in [0, 0.05) is 12.3 Å². The second-order valence-corrected chi connectivity index (χ2v) is 8.21. The van der Waals surface area contributed by atoms with Gasteiger partial charge in [-0.1, -0.05) is 18.2 Å². The lowest BCUT2D eigenvalue weighted by Crippen LogP contribution is -2.24. The second kappa shape index (κ2) is 9.51. The van der Waals surface area contributed by atoms with Gasteiger partial charge in [0.05, 0.1) is 18.0 Å². The lowest BCUT2D eigenvalue weighted by Gasteiger charge is -2.13. The Labute approximate surface area is 168 Å². The van der Waals surface area contributed by atoms with E-state index >= 15 is 0 Å². The molecule has 1 N–H and O–H groups in total. The number of methoxy groups -OCH3 is 1. The maximum absolute atomic E-state index is 12.4. The number of ether oxygens (including phenoxy) is 2. The van der Waals surface area contributed by atoms with Gasteiger partial charge in [0.15, 0.2) is 21.3 Å². The Hall–Kier alpha value is -2.94. The van der Waals surface area contributed by atoms with E-state index in [2.05, 4.69) is 10.1 Å². The minimum Gasteiger partial charge on any atom is -0.493 e. The Kier molecular flexibility index (Phi) is 7.33. The van der Waals surface area contributed by atoms with E-state index < -0.39 is 16.4 Å². The Balaban J connectivity index is 2.03. The van der Waals surface area contributed by atoms with E-state index in [-0.39, 0.29) is 28.3 Å². The number of benzene rings is 2. The lowest BCUT2D eigenvalue weighted by atomic mass is 10.1. The van der Waals surface area contributed by atoms with Crippen LogP contribution in [0.2, 0.25) is 0 Å². The van der Waals surface area contributed by atoms with Crippen LogP contribution in [0, 0.1) is 0 Å². The first-order chi connectivity index (χ1) is 13.6. The van der Waals surface area contributed by atoms with Crippen molar-refractivity contribution in [1.82, 2.24) is 5.32 Å². The molecular weight excluding hydrogens is 404 g/mol. The number of carbonyl (C=O) groups is 1. The van der Waals surface area contributed by atoms with Crippen LogP contribution in [-0.4, -0.2) is 34.3 Å². The second-order valence-electron chi connectivity index (χ2n) is 6.19. The van der Waals surface area contributed by atoms with Crippen molar-refractivity contribution in [3.63, 3.8) is 0 Å². The predicted octanol–water partition coefficient (Wildman–Crippen LogP) is 3.59. The van der Waals surface area contributed by atoms with Crippen molar-refractivity contribution in [1.29, 1.82) is 0 Å². The highest BCUT2D eigenvalue weighted by Gasteiger charge is 2.12. The first-order valence-corrected chi connectivity index (χ1v) is 10.4. The molecule has 0 aromatic heterocycles. The molecule has 0 heterocycles. The third kappa shape index (κ3) is 6.56. The van der Waals surface area contributed by atoms with Gasteiger partial charge in [0.1, 0.15) is 0 Å². The van der Waals surface area contributed by atoms with Crippen LogP contribution in [0.1, 0.15) is 24.1 Å². The fourth-order valence-corrected chi connectivity index (χ4v) is 3.13. The average molecular weight is 425 g/mol. The summed E-state index contributed by atoms with van der Waals surface area (Å²) in [5, 5.41) is 2.76. The minimum absolute atomic E-state index is 0.102. The summed E-state index contributed by atoms with van der Waals surface area (Å²) >= 11 is 0. The zero-order valence-corrected chi connectivity index (χ0v) is 16.9. The molecule has 1 atom stereocenters. The minimum atomic E-state index is -3.28. The molecule has 0 radical (unpaired) electrons. The van der Waals surface area contributed by atoms with Crippen molar-refractivity contribution < 1.29 is 31.5 Å². The lowest BCUT2D eigenvalue weighted by molar-refractivity contribution is -0.117. The molecule has 2 aromatic carbocycles. The number of halogens is 2. The summed E-state index contributed by atoms with van der Waals surface area (Å²) in [6, 6.07) is 10.2. The van der Waals surface area contributed by atoms with E-state index in [1.165, 1.54) is 49.6 Å². The van der Waals surface area contributed by atoms with Crippen LogP contribution in [0.15, 0.2) is 53.4 Å². The maximum atomic E-state index is 12.4. The zero-order chi connectivity index (χ0) is 21.6. The number of amides is 1. The summed E-state index contributed by atoms with van der Waals surface area (Å²) in [5.41, 5.74) is 1.30. The molecule has 1 amide bonds. The van der Waals surface area contributed by atoms with Gasteiger partial charge in [-0.2, -0.15) is 8.78 Å². The smallest absolute Gasteiger partial charge is 0.387 e. The topological polar surface area (TPSA) is 81.7 Å². The molecule has 9 heteroatoms. The molecular formula is C20H21F2NO5S. The molecule has 29 heavy (non-hydrogen) atoms. The third-order valence-electron chi connectivity index (χ3n) is 4.00. The molecule has 0 bridgehead atoms. The van der Waals surface area contributed by atoms with Gasteiger partial charge in [0.2, 0.25) is 5.91 Å². The van der Waals surface area contributed by atoms with Crippen molar-refractivity contribution in [2.45, 2.75) is 24.5 Å². The van der Waals surface area contributed by atoms with Crippen LogP contribution in [-0.2, 0) is 14.6 Å². The van der Waals surface area contributed by atoms with E-state index in [1.807, 2.05) is 0 Å². The summed E-state index contributed by atoms with van der Waals surface area (Å²) in [5.74, 6) is -0.362. The van der Waals surface area contributed by atoms with Crippen molar-refractivity contribution >= 4 is 21.8 Å². The van der Waals surface area contributed by atoms with E-state index in [4.69, 9.17) is 4.74 Å². The standard InChI is InChI=1S/C20H21F2NO5S/c1-13(15-6-8-16(9-7-15)29(3,25)26)23-19(24)11-5-14-4-10-17(28-20(21)22)18(12-14)27-2/h4-13,20H,1-3H3,(H,23,24)/b11-5+. The van der Waals surface area contributed by atoms with Gasteiger partial charge >= 0.3 is 6.61 Å². The Bertz CT molecular complexity index is 988. The van der Waals surface area contributed by atoms with Gasteiger partial charge in [-0.25, -0.2) is 8.42 Å². The van der Waals surface area contributed by atoms with Crippen LogP contribution in [0.25, 0.3) is 6.08 Å². The maximum Gasteiger partial charge on any atom is 0.387 e. The monoisotopic (exact) mass is 425 g/mol. The Morgan fingerprint density at radius 1 is 1.10 bits per heavy atom. The van der Waals surface area contributed by atoms with E-state index in [1.54, 1.807) is 19.1 Å². The van der Waals surface area contributed by atoms with E-state index in [0.29, 0.717) is 5.56 Å². The third-order valence-corrected chi connectivity index (χ3v) is 5.13. The number of alkyl halides is 2. The first kappa shape index (κ1) is 22.4. The predicted molar refractivity (Wildman–Crippen MR) is 105 cm³/mol. The van der Waals surface area contributed by atoms with Crippen molar-refractivity contribution in [3.05, 3.63) is 59.7 Å². The van der Waals surface area contributed by atoms with Crippen molar-refractivity contribution in [3.8, 4) is 11.5 Å². The summed E-state index contributed by atoms with van der Waals surface area (Å²) in [6.07, 6.45) is 3.92. The van der Waals surface area contributed by atoms with Crippen LogP contribution in [0.3, 0.4) is 0 Å². The van der Waals surface area contributed by atoms with Gasteiger partial charge in [-0.15, -0.1) is 0 Å². The number of sulfone groups is 1. The molecule has 0 aliphatic rings. The van der Waals surface area contributed by atoms with Crippen LogP contribution >= 0.6 is 0 Å².